The summed E-state index contributed by atoms with van der Waals surface area (Å²) in [5.41, 5.74) is 3.01. The van der Waals surface area contributed by atoms with Crippen LogP contribution < -0.4 is 5.32 Å². The number of hydrogen-bond acceptors (Lipinski definition) is 4. The van der Waals surface area contributed by atoms with E-state index in [1.807, 2.05) is 17.9 Å². The maximum absolute atomic E-state index is 4.63. The molecule has 1 atom stereocenters. The molecule has 3 nitrogen and oxygen atoms in total. The molecule has 0 saturated heterocycles. The van der Waals surface area contributed by atoms with Crippen LogP contribution in [0.1, 0.15) is 23.5 Å². The molecule has 0 bridgehead atoms. The number of benzene rings is 1. The molecule has 1 aromatic carbocycles. The molecular weight excluding hydrogens is 266 g/mol. The summed E-state index contributed by atoms with van der Waals surface area (Å²) >= 11 is 1.70. The fourth-order valence-electron chi connectivity index (χ4n) is 2.48. The van der Waals surface area contributed by atoms with Crippen LogP contribution in [0.3, 0.4) is 0 Å². The Morgan fingerprint density at radius 3 is 2.95 bits per heavy atom. The van der Waals surface area contributed by atoms with E-state index >= 15 is 0 Å². The third-order valence-electron chi connectivity index (χ3n) is 3.37. The Kier molecular flexibility index (Phi) is 4.04. The molecule has 0 radical (unpaired) electrons. The van der Waals surface area contributed by atoms with Gasteiger partial charge in [0, 0.05) is 29.1 Å². The van der Waals surface area contributed by atoms with Crippen LogP contribution in [-0.2, 0) is 6.42 Å². The third kappa shape index (κ3) is 2.71. The summed E-state index contributed by atoms with van der Waals surface area (Å²) in [6.45, 7) is 3.05. The lowest BCUT2D eigenvalue weighted by atomic mass is 10.0. The topological polar surface area (TPSA) is 37.8 Å². The number of nitrogens with one attached hydrogen (secondary N) is 1. The maximum Gasteiger partial charge on any atom is 0.0794 e. The van der Waals surface area contributed by atoms with Crippen molar-refractivity contribution in [2.75, 3.05) is 6.54 Å². The van der Waals surface area contributed by atoms with E-state index in [2.05, 4.69) is 52.5 Å². The van der Waals surface area contributed by atoms with Gasteiger partial charge in [-0.15, -0.1) is 11.3 Å². The first-order valence-corrected chi connectivity index (χ1v) is 7.71. The molecule has 4 heteroatoms. The normalized spacial score (nSPS) is 12.7. The fraction of sp³-hybridized carbons (Fsp3) is 0.250. The number of likely N-dealkylation sites (N-methyl/N-ethyl adjacent to an activating group) is 1. The molecule has 0 aliphatic rings. The molecule has 0 amide bonds. The Balaban J connectivity index is 2.00. The average Bonchev–Trinajstić information content (AvgIpc) is 2.99. The van der Waals surface area contributed by atoms with Crippen molar-refractivity contribution in [3.8, 4) is 0 Å². The number of aromatic nitrogens is 2. The highest BCUT2D eigenvalue weighted by molar-refractivity contribution is 7.09. The first-order valence-electron chi connectivity index (χ1n) is 6.83. The van der Waals surface area contributed by atoms with Gasteiger partial charge in [-0.1, -0.05) is 31.2 Å². The summed E-state index contributed by atoms with van der Waals surface area (Å²) in [7, 11) is 0. The van der Waals surface area contributed by atoms with Crippen LogP contribution in [0.4, 0.5) is 0 Å². The molecule has 0 aliphatic carbocycles. The van der Waals surface area contributed by atoms with E-state index in [1.54, 1.807) is 11.3 Å². The minimum atomic E-state index is 0.228. The van der Waals surface area contributed by atoms with Crippen LogP contribution in [0, 0.1) is 0 Å². The van der Waals surface area contributed by atoms with Crippen molar-refractivity contribution < 1.29 is 0 Å². The molecular formula is C16H17N3S. The van der Waals surface area contributed by atoms with Gasteiger partial charge in [-0.3, -0.25) is 9.97 Å². The number of thiazole rings is 1. The molecule has 1 unspecified atom stereocenters. The highest BCUT2D eigenvalue weighted by Gasteiger charge is 2.16. The monoisotopic (exact) mass is 283 g/mol. The van der Waals surface area contributed by atoms with E-state index in [1.165, 1.54) is 15.6 Å². The van der Waals surface area contributed by atoms with Crippen LogP contribution in [0.5, 0.6) is 0 Å². The third-order valence-corrected chi connectivity index (χ3v) is 4.18. The van der Waals surface area contributed by atoms with Crippen molar-refractivity contribution in [2.24, 2.45) is 0 Å². The highest BCUT2D eigenvalue weighted by atomic mass is 32.1. The second kappa shape index (κ2) is 6.11. The molecule has 1 N–H and O–H groups in total. The first-order chi connectivity index (χ1) is 9.88. The lowest BCUT2D eigenvalue weighted by Gasteiger charge is -2.18. The van der Waals surface area contributed by atoms with Gasteiger partial charge in [-0.2, -0.15) is 0 Å². The largest absolute Gasteiger partial charge is 0.309 e. The zero-order valence-corrected chi connectivity index (χ0v) is 12.2. The molecule has 102 valence electrons. The van der Waals surface area contributed by atoms with E-state index < -0.39 is 0 Å². The van der Waals surface area contributed by atoms with Crippen molar-refractivity contribution in [1.29, 1.82) is 0 Å². The molecule has 2 aromatic heterocycles. The van der Waals surface area contributed by atoms with E-state index in [9.17, 15) is 0 Å². The predicted molar refractivity (Wildman–Crippen MR) is 84.0 cm³/mol. The van der Waals surface area contributed by atoms with Crippen LogP contribution in [0.25, 0.3) is 10.8 Å². The number of rotatable bonds is 5. The summed E-state index contributed by atoms with van der Waals surface area (Å²) < 4.78 is 0. The summed E-state index contributed by atoms with van der Waals surface area (Å²) in [5.74, 6) is 0. The SMILES string of the molecule is CCNC(Cc1cncs1)c1nccc2ccccc12. The quantitative estimate of drug-likeness (QED) is 0.777. The van der Waals surface area contributed by atoms with Gasteiger partial charge in [-0.25, -0.2) is 0 Å². The molecule has 3 rings (SSSR count). The zero-order chi connectivity index (χ0) is 13.8. The van der Waals surface area contributed by atoms with Crippen LogP contribution in [0.2, 0.25) is 0 Å². The standard InChI is InChI=1S/C16H17N3S/c1-2-18-15(9-13-10-17-11-20-13)16-14-6-4-3-5-12(14)7-8-19-16/h3-8,10-11,15,18H,2,9H2,1H3. The van der Waals surface area contributed by atoms with Gasteiger partial charge in [0.05, 0.1) is 17.2 Å². The van der Waals surface area contributed by atoms with Gasteiger partial charge in [-0.05, 0) is 18.0 Å². The van der Waals surface area contributed by atoms with Gasteiger partial charge < -0.3 is 5.32 Å². The molecule has 3 aromatic rings. The van der Waals surface area contributed by atoms with Crippen LogP contribution >= 0.6 is 11.3 Å². The summed E-state index contributed by atoms with van der Waals surface area (Å²) in [6, 6.07) is 10.7. The first kappa shape index (κ1) is 13.2. The van der Waals surface area contributed by atoms with E-state index in [0.29, 0.717) is 0 Å². The van der Waals surface area contributed by atoms with Crippen LogP contribution in [0.15, 0.2) is 48.2 Å². The minimum Gasteiger partial charge on any atom is -0.309 e. The second-order valence-corrected chi connectivity index (χ2v) is 5.67. The van der Waals surface area contributed by atoms with Crippen molar-refractivity contribution in [1.82, 2.24) is 15.3 Å². The Morgan fingerprint density at radius 1 is 1.25 bits per heavy atom. The highest BCUT2D eigenvalue weighted by Crippen LogP contribution is 2.25. The predicted octanol–water partition coefficient (Wildman–Crippen LogP) is 3.58. The van der Waals surface area contributed by atoms with Gasteiger partial charge in [0.25, 0.3) is 0 Å². The lowest BCUT2D eigenvalue weighted by molar-refractivity contribution is 0.544. The Labute approximate surface area is 122 Å². The van der Waals surface area contributed by atoms with E-state index in [-0.39, 0.29) is 6.04 Å². The Bertz CT molecular complexity index is 674. The van der Waals surface area contributed by atoms with Gasteiger partial charge in [0.2, 0.25) is 0 Å². The smallest absolute Gasteiger partial charge is 0.0794 e. The van der Waals surface area contributed by atoms with Gasteiger partial charge >= 0.3 is 0 Å². The molecule has 0 fully saturated rings. The van der Waals surface area contributed by atoms with Crippen molar-refractivity contribution in [3.63, 3.8) is 0 Å². The van der Waals surface area contributed by atoms with Crippen LogP contribution in [-0.4, -0.2) is 16.5 Å². The number of hydrogen-bond donors (Lipinski definition) is 1. The molecule has 0 spiro atoms. The number of nitrogens with zero attached hydrogens (tertiary/aromatic N) is 2. The fourth-order valence-corrected chi connectivity index (χ4v) is 3.12. The van der Waals surface area contributed by atoms with Gasteiger partial charge in [0.1, 0.15) is 0 Å². The Hall–Kier alpha value is -1.78. The second-order valence-electron chi connectivity index (χ2n) is 4.70. The van der Waals surface area contributed by atoms with E-state index in [4.69, 9.17) is 0 Å². The van der Waals surface area contributed by atoms with Gasteiger partial charge in [0.15, 0.2) is 0 Å². The van der Waals surface area contributed by atoms with Crippen molar-refractivity contribution in [3.05, 3.63) is 58.8 Å². The molecule has 0 saturated carbocycles. The molecule has 2 heterocycles. The minimum absolute atomic E-state index is 0.228. The summed E-state index contributed by atoms with van der Waals surface area (Å²) in [4.78, 5) is 10.1. The number of pyridine rings is 1. The summed E-state index contributed by atoms with van der Waals surface area (Å²) in [6.07, 6.45) is 4.77. The van der Waals surface area contributed by atoms with Crippen molar-refractivity contribution >= 4 is 22.1 Å². The average molecular weight is 283 g/mol. The maximum atomic E-state index is 4.63. The molecule has 20 heavy (non-hydrogen) atoms. The summed E-state index contributed by atoms with van der Waals surface area (Å²) in [5, 5.41) is 6.01. The molecule has 0 aliphatic heterocycles. The Morgan fingerprint density at radius 2 is 2.15 bits per heavy atom. The zero-order valence-electron chi connectivity index (χ0n) is 11.4. The van der Waals surface area contributed by atoms with Crippen molar-refractivity contribution in [2.45, 2.75) is 19.4 Å². The van der Waals surface area contributed by atoms with E-state index in [0.717, 1.165) is 18.7 Å². The lowest BCUT2D eigenvalue weighted by Crippen LogP contribution is -2.23. The number of fused-ring (bicyclic) bond motifs is 1.